The van der Waals surface area contributed by atoms with E-state index < -0.39 is 0 Å². The van der Waals surface area contributed by atoms with Crippen molar-refractivity contribution in [2.75, 3.05) is 0 Å². The average Bonchev–Trinajstić information content (AvgIpc) is 0. The Labute approximate surface area is 138 Å². The monoisotopic (exact) mass is 581 g/mol. The Morgan fingerprint density at radius 3 is 1.25 bits per heavy atom. The maximum Gasteiger partial charge on any atom is 1.00 e. The molecule has 0 aliphatic carbocycles. The van der Waals surface area contributed by atoms with E-state index in [0.717, 1.165) is 0 Å². The molecule has 0 nitrogen and oxygen atoms in total. The van der Waals surface area contributed by atoms with Crippen LogP contribution in [0.4, 0.5) is 0 Å². The Morgan fingerprint density at radius 2 is 1.25 bits per heavy atom. The van der Waals surface area contributed by atoms with Gasteiger partial charge in [-0.2, -0.15) is 0 Å². The van der Waals surface area contributed by atoms with Crippen molar-refractivity contribution in [1.82, 2.24) is 0 Å². The molecule has 0 heterocycles. The van der Waals surface area contributed by atoms with Crippen LogP contribution in [-0.4, -0.2) is 26.2 Å². The first-order valence-electron chi connectivity index (χ1n) is 0. The fourth-order valence-electron chi connectivity index (χ4n) is 0. The largest absolute Gasteiger partial charge is 1.00 e. The molecule has 0 atom stereocenters. The van der Waals surface area contributed by atoms with Crippen molar-refractivity contribution in [3.05, 3.63) is 0 Å². The zero-order chi connectivity index (χ0) is 0. The first-order chi connectivity index (χ1) is 0. The molecule has 0 unspecified atom stereocenters. The van der Waals surface area contributed by atoms with Gasteiger partial charge < -0.3 is 1.43 Å². The number of hydrogen-bond acceptors (Lipinski definition) is 0. The minimum atomic E-state index is 0. The molecule has 0 aromatic heterocycles. The first-order valence-corrected chi connectivity index (χ1v) is 0. The quantitative estimate of drug-likeness (QED) is 0.206. The van der Waals surface area contributed by atoms with Crippen LogP contribution in [0, 0.1) is 0 Å². The van der Waals surface area contributed by atoms with Crippen LogP contribution < -0.4 is 68.9 Å². The molecule has 0 aliphatic rings. The second kappa shape index (κ2) is 15.7. The van der Waals surface area contributed by atoms with Gasteiger partial charge in [-0.15, -0.1) is 24.0 Å². The van der Waals surface area contributed by atoms with Crippen LogP contribution in [0.1, 0.15) is 1.43 Å². The molecule has 0 saturated heterocycles. The zero-order valence-electron chi connectivity index (χ0n) is 3.42. The molecule has 0 aliphatic heterocycles. The van der Waals surface area contributed by atoms with E-state index in [1.807, 2.05) is 0 Å². The van der Waals surface area contributed by atoms with E-state index in [1.165, 1.54) is 0 Å². The van der Waals surface area contributed by atoms with E-state index in [2.05, 4.69) is 0 Å². The summed E-state index contributed by atoms with van der Waals surface area (Å²) in [5, 5.41) is 0. The molecular formula is H5AgBiCsI. The van der Waals surface area contributed by atoms with Crippen LogP contribution in [-0.2, 0) is 22.4 Å². The molecule has 0 fully saturated rings. The summed E-state index contributed by atoms with van der Waals surface area (Å²) in [4.78, 5) is 0. The summed E-state index contributed by atoms with van der Waals surface area (Å²) in [6.07, 6.45) is 0. The molecule has 29 valence electrons. The second-order valence-corrected chi connectivity index (χ2v) is 0. The second-order valence-electron chi connectivity index (χ2n) is 0. The van der Waals surface area contributed by atoms with Gasteiger partial charge in [0.05, 0.1) is 0 Å². The van der Waals surface area contributed by atoms with E-state index in [1.54, 1.807) is 0 Å². The van der Waals surface area contributed by atoms with E-state index in [-0.39, 0.29) is 143 Å². The molecule has 0 aromatic carbocycles. The van der Waals surface area contributed by atoms with Crippen molar-refractivity contribution < 1.29 is 92.7 Å². The molecule has 0 amide bonds. The van der Waals surface area contributed by atoms with Gasteiger partial charge in [0.1, 0.15) is 0 Å². The smallest absolute Gasteiger partial charge is 1.00 e. The predicted octanol–water partition coefficient (Wildman–Crippen LogP) is -3.45. The summed E-state index contributed by atoms with van der Waals surface area (Å²) >= 11 is 0. The summed E-state index contributed by atoms with van der Waals surface area (Å²) in [6, 6.07) is 0. The van der Waals surface area contributed by atoms with Crippen LogP contribution >= 0.6 is 24.0 Å². The van der Waals surface area contributed by atoms with Gasteiger partial charge in [0.2, 0.25) is 0 Å². The molecule has 0 rings (SSSR count). The molecule has 0 bridgehead atoms. The minimum Gasteiger partial charge on any atom is -1.00 e. The Balaban J connectivity index is 0. The molecule has 4 heteroatoms. The third kappa shape index (κ3) is 9.64. The van der Waals surface area contributed by atoms with Crippen molar-refractivity contribution in [3.63, 3.8) is 0 Å². The number of hydrogen-bond donors (Lipinski definition) is 0. The van der Waals surface area contributed by atoms with Crippen LogP contribution in [0.25, 0.3) is 0 Å². The van der Waals surface area contributed by atoms with E-state index in [0.29, 0.717) is 0 Å². The summed E-state index contributed by atoms with van der Waals surface area (Å²) in [5.74, 6) is 0. The summed E-state index contributed by atoms with van der Waals surface area (Å²) in [6.45, 7) is 0. The van der Waals surface area contributed by atoms with Crippen molar-refractivity contribution >= 4 is 50.2 Å². The predicted molar refractivity (Wildman–Crippen MR) is 26.5 cm³/mol. The molecule has 4 heavy (non-hydrogen) atoms. The van der Waals surface area contributed by atoms with Gasteiger partial charge in [0.25, 0.3) is 0 Å². The molecule has 0 N–H and O–H groups in total. The van der Waals surface area contributed by atoms with Gasteiger partial charge in [0.15, 0.2) is 0 Å². The molecule has 0 saturated carbocycles. The fraction of sp³-hybridized carbons (Fsp3) is 0. The van der Waals surface area contributed by atoms with Crippen LogP contribution in [0.5, 0.6) is 0 Å². The van der Waals surface area contributed by atoms with Gasteiger partial charge >= 0.3 is 95.1 Å². The Morgan fingerprint density at radius 1 is 1.25 bits per heavy atom. The van der Waals surface area contributed by atoms with Crippen LogP contribution in [0.3, 0.4) is 0 Å². The zero-order valence-corrected chi connectivity index (χ0v) is 18.0. The number of rotatable bonds is 0. The minimum absolute atomic E-state index is 0. The molecule has 1 radical (unpaired) electrons. The SMILES string of the molecule is I.[Ag].[BiH3].[Cs+].[H-]. The number of halogens is 1. The van der Waals surface area contributed by atoms with E-state index in [4.69, 9.17) is 0 Å². The van der Waals surface area contributed by atoms with Crippen molar-refractivity contribution in [3.8, 4) is 0 Å². The maximum absolute atomic E-state index is 0. The van der Waals surface area contributed by atoms with Gasteiger partial charge in [-0.3, -0.25) is 0 Å². The summed E-state index contributed by atoms with van der Waals surface area (Å²) in [7, 11) is 0. The van der Waals surface area contributed by atoms with Gasteiger partial charge in [-0.05, 0) is 0 Å². The molecule has 0 spiro atoms. The Hall–Kier alpha value is 4.41. The molecular weight excluding hydrogens is 577 g/mol. The summed E-state index contributed by atoms with van der Waals surface area (Å²) < 4.78 is 0. The Bertz CT molecular complexity index is 11.6. The van der Waals surface area contributed by atoms with Gasteiger partial charge in [0, 0.05) is 22.4 Å². The van der Waals surface area contributed by atoms with Gasteiger partial charge in [-0.1, -0.05) is 0 Å². The Kier molecular flexibility index (Phi) is 93.0. The van der Waals surface area contributed by atoms with Crippen LogP contribution in [0.2, 0.25) is 0 Å². The van der Waals surface area contributed by atoms with Gasteiger partial charge in [-0.25, -0.2) is 0 Å². The normalized spacial score (nSPS) is 0. The van der Waals surface area contributed by atoms with E-state index in [9.17, 15) is 0 Å². The third-order valence-corrected chi connectivity index (χ3v) is 0. The van der Waals surface area contributed by atoms with Crippen LogP contribution in [0.15, 0.2) is 0 Å². The topological polar surface area (TPSA) is 0 Å². The standard InChI is InChI=1S/Ag.Bi.Cs.HI.4H/h;;;1H;;;;/q;;+1;;;;;-1. The van der Waals surface area contributed by atoms with E-state index >= 15 is 0 Å². The van der Waals surface area contributed by atoms with Crippen molar-refractivity contribution in [2.45, 2.75) is 0 Å². The summed E-state index contributed by atoms with van der Waals surface area (Å²) in [5.41, 5.74) is 0. The molecule has 0 aromatic rings. The fourth-order valence-corrected chi connectivity index (χ4v) is 0. The first kappa shape index (κ1) is 23.8. The van der Waals surface area contributed by atoms with Crippen molar-refractivity contribution in [2.24, 2.45) is 0 Å². The maximum atomic E-state index is 0. The van der Waals surface area contributed by atoms with Crippen molar-refractivity contribution in [1.29, 1.82) is 0 Å². The third-order valence-electron chi connectivity index (χ3n) is 0. The average molecular weight is 582 g/mol.